The first-order valence-corrected chi connectivity index (χ1v) is 11.3. The number of hydrogen-bond donors (Lipinski definition) is 2. The van der Waals surface area contributed by atoms with E-state index in [-0.39, 0.29) is 0 Å². The van der Waals surface area contributed by atoms with E-state index in [0.29, 0.717) is 12.1 Å². The van der Waals surface area contributed by atoms with Crippen molar-refractivity contribution < 1.29 is 4.74 Å². The Kier molecular flexibility index (Phi) is 8.78. The molecule has 30 heavy (non-hydrogen) atoms. The minimum absolute atomic E-state index is 0.332. The fourth-order valence-electron chi connectivity index (χ4n) is 4.46. The van der Waals surface area contributed by atoms with Gasteiger partial charge in [0.25, 0.3) is 0 Å². The van der Waals surface area contributed by atoms with Crippen LogP contribution < -0.4 is 15.4 Å². The van der Waals surface area contributed by atoms with Crippen molar-refractivity contribution in [1.29, 1.82) is 0 Å². The van der Waals surface area contributed by atoms with Crippen LogP contribution in [0, 0.1) is 0 Å². The second kappa shape index (κ2) is 11.5. The Balaban J connectivity index is 1.59. The normalized spacial score (nSPS) is 23.2. The molecule has 7 nitrogen and oxygen atoms in total. The third kappa shape index (κ3) is 6.33. The van der Waals surface area contributed by atoms with Gasteiger partial charge in [-0.2, -0.15) is 0 Å². The highest BCUT2D eigenvalue weighted by Gasteiger charge is 2.24. The molecule has 1 aromatic rings. The Labute approximate surface area is 182 Å². The molecule has 0 spiro atoms. The van der Waals surface area contributed by atoms with Gasteiger partial charge in [-0.25, -0.2) is 0 Å². The highest BCUT2D eigenvalue weighted by Crippen LogP contribution is 2.25. The lowest BCUT2D eigenvalue weighted by Crippen LogP contribution is -2.55. The van der Waals surface area contributed by atoms with Crippen LogP contribution >= 0.6 is 0 Å². The number of aliphatic imine (C=N–C) groups is 1. The van der Waals surface area contributed by atoms with E-state index >= 15 is 0 Å². The highest BCUT2D eigenvalue weighted by atomic mass is 16.5. The van der Waals surface area contributed by atoms with Crippen LogP contribution in [0.1, 0.15) is 30.9 Å². The monoisotopic (exact) mass is 416 g/mol. The first-order chi connectivity index (χ1) is 14.6. The number of ether oxygens (including phenoxy) is 1. The minimum Gasteiger partial charge on any atom is -0.497 e. The van der Waals surface area contributed by atoms with E-state index < -0.39 is 0 Å². The van der Waals surface area contributed by atoms with E-state index in [9.17, 15) is 0 Å². The molecule has 3 rings (SSSR count). The van der Waals surface area contributed by atoms with E-state index in [0.717, 1.165) is 57.5 Å². The van der Waals surface area contributed by atoms with E-state index in [1.165, 1.54) is 24.8 Å². The molecule has 2 N–H and O–H groups in total. The molecule has 2 atom stereocenters. The third-order valence-corrected chi connectivity index (χ3v) is 6.50. The van der Waals surface area contributed by atoms with Gasteiger partial charge >= 0.3 is 0 Å². The number of piperazine rings is 1. The Morgan fingerprint density at radius 2 is 1.80 bits per heavy atom. The number of nitrogens with zero attached hydrogens (tertiary/aromatic N) is 4. The van der Waals surface area contributed by atoms with Gasteiger partial charge in [0.1, 0.15) is 5.75 Å². The number of likely N-dealkylation sites (tertiary alicyclic amines) is 1. The molecule has 2 fully saturated rings. The fourth-order valence-corrected chi connectivity index (χ4v) is 4.46. The summed E-state index contributed by atoms with van der Waals surface area (Å²) in [5.74, 6) is 1.79. The average molecular weight is 417 g/mol. The first kappa shape index (κ1) is 22.8. The molecule has 0 aromatic heterocycles. The zero-order valence-corrected chi connectivity index (χ0v) is 19.2. The van der Waals surface area contributed by atoms with Crippen LogP contribution in [0.25, 0.3) is 0 Å². The number of likely N-dealkylation sites (N-methyl/N-ethyl adjacent to an activating group) is 2. The van der Waals surface area contributed by atoms with Gasteiger partial charge < -0.3 is 20.3 Å². The van der Waals surface area contributed by atoms with Crippen LogP contribution in [0.4, 0.5) is 0 Å². The molecule has 7 heteroatoms. The van der Waals surface area contributed by atoms with Crippen LogP contribution in [0.5, 0.6) is 5.75 Å². The lowest BCUT2D eigenvalue weighted by molar-refractivity contribution is 0.116. The van der Waals surface area contributed by atoms with Crippen LogP contribution in [0.3, 0.4) is 0 Å². The zero-order chi connectivity index (χ0) is 21.3. The highest BCUT2D eigenvalue weighted by molar-refractivity contribution is 5.79. The van der Waals surface area contributed by atoms with Gasteiger partial charge in [0.2, 0.25) is 0 Å². The van der Waals surface area contributed by atoms with E-state index in [4.69, 9.17) is 4.74 Å². The molecule has 168 valence electrons. The number of rotatable bonds is 7. The number of nitrogens with one attached hydrogen (secondary N) is 2. The van der Waals surface area contributed by atoms with Crippen LogP contribution in [-0.4, -0.2) is 101 Å². The predicted octanol–water partition coefficient (Wildman–Crippen LogP) is 1.63. The second-order valence-electron chi connectivity index (χ2n) is 8.62. The van der Waals surface area contributed by atoms with Gasteiger partial charge in [0, 0.05) is 45.8 Å². The summed E-state index contributed by atoms with van der Waals surface area (Å²) in [5.41, 5.74) is 1.33. The average Bonchev–Trinajstić information content (AvgIpc) is 2.79. The van der Waals surface area contributed by atoms with Crippen molar-refractivity contribution in [2.45, 2.75) is 31.3 Å². The summed E-state index contributed by atoms with van der Waals surface area (Å²) < 4.78 is 5.35. The Hall–Kier alpha value is -1.83. The van der Waals surface area contributed by atoms with E-state index in [2.05, 4.69) is 68.7 Å². The number of piperidine rings is 1. The number of guanidine groups is 1. The van der Waals surface area contributed by atoms with E-state index in [1.807, 2.05) is 7.05 Å². The molecule has 1 aromatic carbocycles. The standard InChI is InChI=1S/C23H40N6O/c1-24-23(25-16-20-18-27(2)14-15-28(20)3)26-17-22(29-12-6-5-7-13-29)19-8-10-21(30-4)11-9-19/h8-11,20,22H,5-7,12-18H2,1-4H3,(H2,24,25,26). The summed E-state index contributed by atoms with van der Waals surface area (Å²) in [4.78, 5) is 11.9. The van der Waals surface area contributed by atoms with Gasteiger partial charge in [-0.3, -0.25) is 14.8 Å². The Bertz CT molecular complexity index is 658. The number of hydrogen-bond acceptors (Lipinski definition) is 5. The topological polar surface area (TPSA) is 55.4 Å². The molecule has 2 unspecified atom stereocenters. The summed E-state index contributed by atoms with van der Waals surface area (Å²) in [6.07, 6.45) is 3.90. The minimum atomic E-state index is 0.332. The maximum atomic E-state index is 5.35. The molecule has 2 aliphatic heterocycles. The lowest BCUT2D eigenvalue weighted by Gasteiger charge is -2.38. The van der Waals surface area contributed by atoms with Crippen molar-refractivity contribution in [3.8, 4) is 5.75 Å². The maximum absolute atomic E-state index is 5.35. The molecule has 0 aliphatic carbocycles. The SMILES string of the molecule is CN=C(NCC1CN(C)CCN1C)NCC(c1ccc(OC)cc1)N1CCCCC1. The van der Waals surface area contributed by atoms with Crippen molar-refractivity contribution in [3.05, 3.63) is 29.8 Å². The molecule has 0 saturated carbocycles. The van der Waals surface area contributed by atoms with Crippen molar-refractivity contribution >= 4 is 5.96 Å². The Morgan fingerprint density at radius 3 is 2.47 bits per heavy atom. The summed E-state index contributed by atoms with van der Waals surface area (Å²) >= 11 is 0. The van der Waals surface area contributed by atoms with Gasteiger partial charge in [0.05, 0.1) is 13.2 Å². The molecular formula is C23H40N6O. The first-order valence-electron chi connectivity index (χ1n) is 11.3. The molecule has 0 amide bonds. The smallest absolute Gasteiger partial charge is 0.191 e. The van der Waals surface area contributed by atoms with Crippen molar-refractivity contribution in [2.24, 2.45) is 4.99 Å². The van der Waals surface area contributed by atoms with Crippen molar-refractivity contribution in [2.75, 3.05) is 74.1 Å². The van der Waals surface area contributed by atoms with Gasteiger partial charge in [0.15, 0.2) is 5.96 Å². The third-order valence-electron chi connectivity index (χ3n) is 6.50. The zero-order valence-electron chi connectivity index (χ0n) is 19.2. The Morgan fingerprint density at radius 1 is 1.07 bits per heavy atom. The fraction of sp³-hybridized carbons (Fsp3) is 0.696. The van der Waals surface area contributed by atoms with Gasteiger partial charge in [-0.05, 0) is 57.7 Å². The second-order valence-corrected chi connectivity index (χ2v) is 8.62. The number of benzene rings is 1. The van der Waals surface area contributed by atoms with Gasteiger partial charge in [-0.1, -0.05) is 18.6 Å². The lowest BCUT2D eigenvalue weighted by atomic mass is 10.0. The summed E-state index contributed by atoms with van der Waals surface area (Å²) in [6.45, 7) is 7.39. The quantitative estimate of drug-likeness (QED) is 0.521. The molecule has 2 aliphatic rings. The van der Waals surface area contributed by atoms with Gasteiger partial charge in [-0.15, -0.1) is 0 Å². The molecule has 0 bridgehead atoms. The predicted molar refractivity (Wildman–Crippen MR) is 124 cm³/mol. The summed E-state index contributed by atoms with van der Waals surface area (Å²) in [7, 11) is 7.99. The summed E-state index contributed by atoms with van der Waals surface area (Å²) in [5, 5.41) is 7.14. The van der Waals surface area contributed by atoms with E-state index in [1.54, 1.807) is 7.11 Å². The van der Waals surface area contributed by atoms with Crippen molar-refractivity contribution in [1.82, 2.24) is 25.3 Å². The molecule has 0 radical (unpaired) electrons. The van der Waals surface area contributed by atoms with Crippen LogP contribution in [0.2, 0.25) is 0 Å². The molecular weight excluding hydrogens is 376 g/mol. The number of methoxy groups -OCH3 is 1. The molecule has 2 saturated heterocycles. The van der Waals surface area contributed by atoms with Crippen LogP contribution in [-0.2, 0) is 0 Å². The van der Waals surface area contributed by atoms with Crippen molar-refractivity contribution in [3.63, 3.8) is 0 Å². The molecule has 2 heterocycles. The summed E-state index contributed by atoms with van der Waals surface area (Å²) in [6, 6.07) is 9.36. The maximum Gasteiger partial charge on any atom is 0.191 e. The largest absolute Gasteiger partial charge is 0.497 e. The van der Waals surface area contributed by atoms with Crippen LogP contribution in [0.15, 0.2) is 29.3 Å².